The summed E-state index contributed by atoms with van der Waals surface area (Å²) in [6.45, 7) is 6.00. The van der Waals surface area contributed by atoms with Gasteiger partial charge < -0.3 is 15.7 Å². The standard InChI is InChI=1S/C11H20N2O2/c1-10(2)5-8(10)9(14)13-7-11(15)3-4-12-6-11/h8,12,15H,3-7H2,1-2H3,(H,13,14). The van der Waals surface area contributed by atoms with Gasteiger partial charge in [0.2, 0.25) is 5.91 Å². The van der Waals surface area contributed by atoms with E-state index < -0.39 is 5.60 Å². The van der Waals surface area contributed by atoms with Gasteiger partial charge in [0, 0.05) is 19.0 Å². The average Bonchev–Trinajstić information content (AvgIpc) is 2.60. The maximum Gasteiger partial charge on any atom is 0.223 e. The highest BCUT2D eigenvalue weighted by Gasteiger charge is 2.50. The van der Waals surface area contributed by atoms with Crippen LogP contribution in [0.2, 0.25) is 0 Å². The third-order valence-corrected chi connectivity index (χ3v) is 3.64. The number of aliphatic hydroxyl groups is 1. The van der Waals surface area contributed by atoms with E-state index in [0.717, 1.165) is 19.4 Å². The minimum absolute atomic E-state index is 0.0975. The number of hydrogen-bond donors (Lipinski definition) is 3. The van der Waals surface area contributed by atoms with Crippen molar-refractivity contribution in [1.29, 1.82) is 0 Å². The van der Waals surface area contributed by atoms with Crippen LogP contribution in [0.1, 0.15) is 26.7 Å². The first-order valence-electron chi connectivity index (χ1n) is 5.64. The Bertz CT molecular complexity index is 270. The summed E-state index contributed by atoms with van der Waals surface area (Å²) in [6.07, 6.45) is 1.69. The van der Waals surface area contributed by atoms with E-state index in [0.29, 0.717) is 13.1 Å². The van der Waals surface area contributed by atoms with E-state index in [1.54, 1.807) is 0 Å². The van der Waals surface area contributed by atoms with Gasteiger partial charge in [-0.05, 0) is 24.8 Å². The molecule has 86 valence electrons. The molecule has 1 aliphatic carbocycles. The third kappa shape index (κ3) is 2.32. The zero-order valence-electron chi connectivity index (χ0n) is 9.47. The van der Waals surface area contributed by atoms with Gasteiger partial charge in [-0.2, -0.15) is 0 Å². The molecule has 1 heterocycles. The van der Waals surface area contributed by atoms with Crippen molar-refractivity contribution in [3.63, 3.8) is 0 Å². The van der Waals surface area contributed by atoms with Gasteiger partial charge in [-0.25, -0.2) is 0 Å². The van der Waals surface area contributed by atoms with Crippen LogP contribution in [0, 0.1) is 11.3 Å². The van der Waals surface area contributed by atoms with E-state index in [1.165, 1.54) is 0 Å². The minimum Gasteiger partial charge on any atom is -0.387 e. The fourth-order valence-corrected chi connectivity index (χ4v) is 2.17. The number of rotatable bonds is 3. The Labute approximate surface area is 90.4 Å². The monoisotopic (exact) mass is 212 g/mol. The summed E-state index contributed by atoms with van der Waals surface area (Å²) in [5.41, 5.74) is -0.560. The molecule has 1 saturated carbocycles. The molecule has 2 atom stereocenters. The van der Waals surface area contributed by atoms with Crippen molar-refractivity contribution in [3.05, 3.63) is 0 Å². The molecular formula is C11H20N2O2. The molecule has 2 unspecified atom stereocenters. The SMILES string of the molecule is CC1(C)CC1C(=O)NCC1(O)CCNC1. The van der Waals surface area contributed by atoms with Gasteiger partial charge in [-0.1, -0.05) is 13.8 Å². The van der Waals surface area contributed by atoms with Crippen LogP contribution >= 0.6 is 0 Å². The van der Waals surface area contributed by atoms with Crippen LogP contribution in [-0.4, -0.2) is 36.2 Å². The predicted octanol–water partition coefficient (Wildman–Crippen LogP) is -0.127. The molecule has 3 N–H and O–H groups in total. The normalized spacial score (nSPS) is 37.7. The first-order valence-corrected chi connectivity index (χ1v) is 5.64. The minimum atomic E-state index is -0.727. The van der Waals surface area contributed by atoms with Crippen LogP contribution < -0.4 is 10.6 Å². The van der Waals surface area contributed by atoms with Gasteiger partial charge in [-0.15, -0.1) is 0 Å². The van der Waals surface area contributed by atoms with Crippen molar-refractivity contribution in [2.75, 3.05) is 19.6 Å². The second-order valence-electron chi connectivity index (χ2n) is 5.61. The van der Waals surface area contributed by atoms with Gasteiger partial charge in [0.25, 0.3) is 0 Å². The molecule has 4 heteroatoms. The second-order valence-corrected chi connectivity index (χ2v) is 5.61. The Hall–Kier alpha value is -0.610. The number of carbonyl (C=O) groups is 1. The summed E-state index contributed by atoms with van der Waals surface area (Å²) in [6, 6.07) is 0. The number of nitrogens with one attached hydrogen (secondary N) is 2. The van der Waals surface area contributed by atoms with E-state index >= 15 is 0 Å². The molecule has 0 aromatic heterocycles. The molecule has 0 aromatic rings. The van der Waals surface area contributed by atoms with Gasteiger partial charge in [0.05, 0.1) is 5.60 Å². The summed E-state index contributed by atoms with van der Waals surface area (Å²) in [4.78, 5) is 11.7. The third-order valence-electron chi connectivity index (χ3n) is 3.64. The van der Waals surface area contributed by atoms with Gasteiger partial charge in [-0.3, -0.25) is 4.79 Å². The van der Waals surface area contributed by atoms with Crippen molar-refractivity contribution >= 4 is 5.91 Å². The summed E-state index contributed by atoms with van der Waals surface area (Å²) in [5.74, 6) is 0.246. The largest absolute Gasteiger partial charge is 0.387 e. The first kappa shape index (κ1) is 10.9. The van der Waals surface area contributed by atoms with Crippen molar-refractivity contribution in [2.24, 2.45) is 11.3 Å². The lowest BCUT2D eigenvalue weighted by molar-refractivity contribution is -0.124. The molecule has 1 saturated heterocycles. The second kappa shape index (κ2) is 3.46. The Balaban J connectivity index is 1.76. The fourth-order valence-electron chi connectivity index (χ4n) is 2.17. The molecule has 0 bridgehead atoms. The Morgan fingerprint density at radius 1 is 1.60 bits per heavy atom. The quantitative estimate of drug-likeness (QED) is 0.611. The highest BCUT2D eigenvalue weighted by Crippen LogP contribution is 2.51. The number of amides is 1. The molecular weight excluding hydrogens is 192 g/mol. The van der Waals surface area contributed by atoms with E-state index in [4.69, 9.17) is 0 Å². The molecule has 0 spiro atoms. The summed E-state index contributed by atoms with van der Waals surface area (Å²) < 4.78 is 0. The Morgan fingerprint density at radius 3 is 2.73 bits per heavy atom. The molecule has 2 aliphatic rings. The maximum absolute atomic E-state index is 11.7. The molecule has 2 rings (SSSR count). The van der Waals surface area contributed by atoms with Crippen LogP contribution in [0.25, 0.3) is 0 Å². The zero-order valence-corrected chi connectivity index (χ0v) is 9.47. The molecule has 2 fully saturated rings. The summed E-state index contributed by atoms with van der Waals surface area (Å²) >= 11 is 0. The van der Waals surface area contributed by atoms with Crippen molar-refractivity contribution < 1.29 is 9.90 Å². The van der Waals surface area contributed by atoms with Crippen molar-refractivity contribution in [1.82, 2.24) is 10.6 Å². The Kier molecular flexibility index (Phi) is 2.51. The summed E-state index contributed by atoms with van der Waals surface area (Å²) in [5, 5.41) is 15.9. The topological polar surface area (TPSA) is 61.4 Å². The molecule has 0 radical (unpaired) electrons. The highest BCUT2D eigenvalue weighted by atomic mass is 16.3. The lowest BCUT2D eigenvalue weighted by atomic mass is 10.0. The molecule has 0 aromatic carbocycles. The molecule has 4 nitrogen and oxygen atoms in total. The van der Waals surface area contributed by atoms with Crippen LogP contribution in [0.4, 0.5) is 0 Å². The summed E-state index contributed by atoms with van der Waals surface area (Å²) in [7, 11) is 0. The molecule has 1 aliphatic heterocycles. The highest BCUT2D eigenvalue weighted by molar-refractivity contribution is 5.82. The average molecular weight is 212 g/mol. The number of hydrogen-bond acceptors (Lipinski definition) is 3. The molecule has 15 heavy (non-hydrogen) atoms. The lowest BCUT2D eigenvalue weighted by Crippen LogP contribution is -2.45. The van der Waals surface area contributed by atoms with Crippen LogP contribution in [0.3, 0.4) is 0 Å². The van der Waals surface area contributed by atoms with Crippen molar-refractivity contribution in [2.45, 2.75) is 32.3 Å². The first-order chi connectivity index (χ1) is 6.93. The maximum atomic E-state index is 11.7. The van der Waals surface area contributed by atoms with Gasteiger partial charge in [0.15, 0.2) is 0 Å². The lowest BCUT2D eigenvalue weighted by Gasteiger charge is -2.21. The van der Waals surface area contributed by atoms with Crippen molar-refractivity contribution in [3.8, 4) is 0 Å². The van der Waals surface area contributed by atoms with Crippen LogP contribution in [-0.2, 0) is 4.79 Å². The van der Waals surface area contributed by atoms with E-state index in [1.807, 2.05) is 0 Å². The molecule has 1 amide bonds. The van der Waals surface area contributed by atoms with Crippen LogP contribution in [0.5, 0.6) is 0 Å². The Morgan fingerprint density at radius 2 is 2.27 bits per heavy atom. The van der Waals surface area contributed by atoms with Crippen LogP contribution in [0.15, 0.2) is 0 Å². The van der Waals surface area contributed by atoms with Gasteiger partial charge in [0.1, 0.15) is 0 Å². The van der Waals surface area contributed by atoms with E-state index in [2.05, 4.69) is 24.5 Å². The van der Waals surface area contributed by atoms with E-state index in [9.17, 15) is 9.90 Å². The number of β-amino-alcohol motifs (C(OH)–C–C–N with tert-alkyl or cyclic N) is 1. The number of carbonyl (C=O) groups excluding carboxylic acids is 1. The van der Waals surface area contributed by atoms with E-state index in [-0.39, 0.29) is 17.2 Å². The fraction of sp³-hybridized carbons (Fsp3) is 0.909. The van der Waals surface area contributed by atoms with Gasteiger partial charge >= 0.3 is 0 Å². The predicted molar refractivity (Wildman–Crippen MR) is 57.3 cm³/mol. The zero-order chi connectivity index (χ0) is 11.1. The smallest absolute Gasteiger partial charge is 0.223 e.